The maximum atomic E-state index is 13.1. The molecule has 156 valence electrons. The Kier molecular flexibility index (Phi) is 7.53. The summed E-state index contributed by atoms with van der Waals surface area (Å²) in [5.74, 6) is -1.00. The quantitative estimate of drug-likeness (QED) is 0.525. The number of likely N-dealkylation sites (N-methyl/N-ethyl adjacent to an activating group) is 1. The van der Waals surface area contributed by atoms with Crippen molar-refractivity contribution in [1.29, 1.82) is 0 Å². The van der Waals surface area contributed by atoms with Crippen molar-refractivity contribution in [3.05, 3.63) is 70.8 Å². The van der Waals surface area contributed by atoms with Gasteiger partial charge in [0.2, 0.25) is 0 Å². The number of aliphatic hydroxyl groups is 1. The van der Waals surface area contributed by atoms with Crippen molar-refractivity contribution in [2.75, 3.05) is 13.1 Å². The molecule has 0 aliphatic carbocycles. The highest BCUT2D eigenvalue weighted by Gasteiger charge is 2.40. The van der Waals surface area contributed by atoms with Gasteiger partial charge < -0.3 is 10.0 Å². The van der Waals surface area contributed by atoms with E-state index in [2.05, 4.69) is 10.9 Å². The van der Waals surface area contributed by atoms with Gasteiger partial charge in [0.1, 0.15) is 0 Å². The molecule has 0 unspecified atom stereocenters. The van der Waals surface area contributed by atoms with Crippen LogP contribution in [0.3, 0.4) is 0 Å². The lowest BCUT2D eigenvalue weighted by Crippen LogP contribution is -3.16. The average molecular weight is 399 g/mol. The van der Waals surface area contributed by atoms with Gasteiger partial charge in [-0.3, -0.25) is 20.4 Å². The second-order valence-corrected chi connectivity index (χ2v) is 7.48. The van der Waals surface area contributed by atoms with E-state index in [0.717, 1.165) is 29.1 Å². The third-order valence-electron chi connectivity index (χ3n) is 5.41. The minimum Gasteiger partial charge on any atom is -0.372 e. The van der Waals surface area contributed by atoms with Gasteiger partial charge in [0, 0.05) is 0 Å². The van der Waals surface area contributed by atoms with Gasteiger partial charge in [-0.25, -0.2) is 0 Å². The van der Waals surface area contributed by atoms with E-state index in [1.807, 2.05) is 46.8 Å². The molecule has 29 heavy (non-hydrogen) atoms. The topological polar surface area (TPSA) is 82.9 Å². The fourth-order valence-electron chi connectivity index (χ4n) is 3.53. The number of hydrogen-bond donors (Lipinski definition) is 4. The Morgan fingerprint density at radius 3 is 1.86 bits per heavy atom. The van der Waals surface area contributed by atoms with Crippen LogP contribution in [0.4, 0.5) is 0 Å². The zero-order chi connectivity index (χ0) is 21.6. The number of quaternary nitrogens is 1. The number of nitrogens with one attached hydrogen (secondary N) is 3. The molecule has 0 radical (unpaired) electrons. The van der Waals surface area contributed by atoms with Crippen LogP contribution in [0.15, 0.2) is 48.5 Å². The van der Waals surface area contributed by atoms with Gasteiger partial charge in [0.05, 0.1) is 13.1 Å². The molecule has 4 N–H and O–H groups in total. The summed E-state index contributed by atoms with van der Waals surface area (Å²) >= 11 is 0. The Labute approximate surface area is 172 Å². The fourth-order valence-corrected chi connectivity index (χ4v) is 3.53. The number of rotatable bonds is 7. The van der Waals surface area contributed by atoms with E-state index in [0.29, 0.717) is 11.1 Å². The first-order valence-corrected chi connectivity index (χ1v) is 10.1. The summed E-state index contributed by atoms with van der Waals surface area (Å²) in [5.41, 5.74) is 5.72. The molecule has 0 saturated heterocycles. The minimum absolute atomic E-state index is 0.298. The summed E-state index contributed by atoms with van der Waals surface area (Å²) in [6, 6.07) is 14.0. The third-order valence-corrected chi connectivity index (χ3v) is 5.41. The summed E-state index contributed by atoms with van der Waals surface area (Å²) in [5, 5.41) is 11.6. The summed E-state index contributed by atoms with van der Waals surface area (Å²) in [4.78, 5) is 26.7. The van der Waals surface area contributed by atoms with E-state index in [-0.39, 0.29) is 11.9 Å². The number of hydrogen-bond acceptors (Lipinski definition) is 3. The number of aryl methyl sites for hydroxylation is 2. The van der Waals surface area contributed by atoms with Gasteiger partial charge in [0.15, 0.2) is 11.6 Å². The summed E-state index contributed by atoms with van der Waals surface area (Å²) < 4.78 is 0. The van der Waals surface area contributed by atoms with Crippen LogP contribution < -0.4 is 15.8 Å². The van der Waals surface area contributed by atoms with Crippen LogP contribution in [0.1, 0.15) is 43.0 Å². The molecule has 0 bridgehead atoms. The molecule has 0 aromatic heterocycles. The third kappa shape index (κ3) is 5.02. The molecule has 2 amide bonds. The Balaban J connectivity index is 2.32. The van der Waals surface area contributed by atoms with Crippen LogP contribution >= 0.6 is 0 Å². The van der Waals surface area contributed by atoms with Crippen molar-refractivity contribution in [3.63, 3.8) is 0 Å². The van der Waals surface area contributed by atoms with Crippen LogP contribution in [0.2, 0.25) is 0 Å². The van der Waals surface area contributed by atoms with Crippen molar-refractivity contribution in [3.8, 4) is 0 Å². The highest BCUT2D eigenvalue weighted by atomic mass is 16.3. The highest BCUT2D eigenvalue weighted by molar-refractivity contribution is 5.92. The Morgan fingerprint density at radius 1 is 0.966 bits per heavy atom. The molecule has 0 saturated carbocycles. The van der Waals surface area contributed by atoms with E-state index in [9.17, 15) is 14.7 Å². The monoisotopic (exact) mass is 398 g/mol. The van der Waals surface area contributed by atoms with Gasteiger partial charge in [-0.05, 0) is 45.7 Å². The molecule has 1 atom stereocenters. The van der Waals surface area contributed by atoms with Gasteiger partial charge >= 0.3 is 0 Å². The smallest absolute Gasteiger partial charge is 0.296 e. The lowest BCUT2D eigenvalue weighted by atomic mass is 9.84. The zero-order valence-electron chi connectivity index (χ0n) is 17.9. The van der Waals surface area contributed by atoms with E-state index in [1.165, 1.54) is 0 Å². The van der Waals surface area contributed by atoms with Crippen LogP contribution in [-0.4, -0.2) is 36.1 Å². The summed E-state index contributed by atoms with van der Waals surface area (Å²) in [6.45, 7) is 11.2. The number of benzene rings is 2. The molecule has 2 rings (SSSR count). The van der Waals surface area contributed by atoms with Gasteiger partial charge in [-0.2, -0.15) is 0 Å². The van der Waals surface area contributed by atoms with Crippen molar-refractivity contribution < 1.29 is 19.6 Å². The molecule has 0 aliphatic heterocycles. The van der Waals surface area contributed by atoms with Crippen LogP contribution in [0, 0.1) is 13.8 Å². The number of amides is 2. The standard InChI is InChI=1S/C23H31N3O3/c1-6-26(7-2)18(5)21(27)24-25-22(28)23(29,19-12-8-10-16(3)14-19)20-13-9-11-17(4)15-20/h8-15,18,29H,6-7H2,1-5H3,(H,24,27)(H,25,28)/p+1/t18-/m0/s1. The van der Waals surface area contributed by atoms with Gasteiger partial charge in [-0.15, -0.1) is 0 Å². The second-order valence-electron chi connectivity index (χ2n) is 7.48. The molecule has 6 nitrogen and oxygen atoms in total. The maximum absolute atomic E-state index is 13.1. The molecule has 0 spiro atoms. The largest absolute Gasteiger partial charge is 0.372 e. The molecule has 0 fully saturated rings. The minimum atomic E-state index is -1.93. The number of hydrazine groups is 1. The first kappa shape index (κ1) is 22.6. The van der Waals surface area contributed by atoms with E-state index >= 15 is 0 Å². The molecule has 0 heterocycles. The van der Waals surface area contributed by atoms with Gasteiger partial charge in [0.25, 0.3) is 11.8 Å². The lowest BCUT2D eigenvalue weighted by Gasteiger charge is -2.29. The summed E-state index contributed by atoms with van der Waals surface area (Å²) in [6.07, 6.45) is 0. The Bertz CT molecular complexity index is 816. The van der Waals surface area contributed by atoms with E-state index < -0.39 is 11.5 Å². The molecule has 2 aromatic carbocycles. The van der Waals surface area contributed by atoms with Crippen molar-refractivity contribution >= 4 is 11.8 Å². The normalized spacial score (nSPS) is 12.5. The van der Waals surface area contributed by atoms with Crippen LogP contribution in [0.5, 0.6) is 0 Å². The predicted molar refractivity (Wildman–Crippen MR) is 113 cm³/mol. The van der Waals surface area contributed by atoms with E-state index in [4.69, 9.17) is 0 Å². The lowest BCUT2D eigenvalue weighted by molar-refractivity contribution is -0.910. The predicted octanol–water partition coefficient (Wildman–Crippen LogP) is 1.000. The molecular formula is C23H32N3O3+. The fraction of sp³-hybridized carbons (Fsp3) is 0.391. The number of carbonyl (C=O) groups is 2. The van der Waals surface area contributed by atoms with Gasteiger partial charge in [-0.1, -0.05) is 59.7 Å². The SMILES string of the molecule is CC[NH+](CC)[C@@H](C)C(=O)NNC(=O)C(O)(c1cccc(C)c1)c1cccc(C)c1. The first-order valence-electron chi connectivity index (χ1n) is 10.1. The van der Waals surface area contributed by atoms with Crippen LogP contribution in [0.25, 0.3) is 0 Å². The Morgan fingerprint density at radius 2 is 1.45 bits per heavy atom. The van der Waals surface area contributed by atoms with Crippen molar-refractivity contribution in [2.24, 2.45) is 0 Å². The molecule has 0 aliphatic rings. The molecular weight excluding hydrogens is 366 g/mol. The Hall–Kier alpha value is -2.70. The average Bonchev–Trinajstić information content (AvgIpc) is 2.71. The molecule has 2 aromatic rings. The van der Waals surface area contributed by atoms with Crippen LogP contribution in [-0.2, 0) is 15.2 Å². The summed E-state index contributed by atoms with van der Waals surface area (Å²) in [7, 11) is 0. The maximum Gasteiger partial charge on any atom is 0.296 e. The first-order chi connectivity index (χ1) is 13.7. The number of carbonyl (C=O) groups excluding carboxylic acids is 2. The second kappa shape index (κ2) is 9.67. The zero-order valence-corrected chi connectivity index (χ0v) is 17.9. The van der Waals surface area contributed by atoms with Crippen molar-refractivity contribution in [2.45, 2.75) is 46.3 Å². The highest BCUT2D eigenvalue weighted by Crippen LogP contribution is 2.31. The van der Waals surface area contributed by atoms with E-state index in [1.54, 1.807) is 36.4 Å². The molecule has 6 heteroatoms. The van der Waals surface area contributed by atoms with Crippen molar-refractivity contribution in [1.82, 2.24) is 10.9 Å².